The van der Waals surface area contributed by atoms with Crippen LogP contribution in [0.1, 0.15) is 54.2 Å². The summed E-state index contributed by atoms with van der Waals surface area (Å²) >= 11 is 0. The zero-order valence-corrected chi connectivity index (χ0v) is 23.9. The summed E-state index contributed by atoms with van der Waals surface area (Å²) in [7, 11) is -0.558. The number of carbonyl (C=O) groups excluding carboxylic acids is 1. The van der Waals surface area contributed by atoms with Crippen molar-refractivity contribution in [3.8, 4) is 16.9 Å². The van der Waals surface area contributed by atoms with Gasteiger partial charge in [-0.1, -0.05) is 6.92 Å². The molecule has 0 saturated heterocycles. The quantitative estimate of drug-likeness (QED) is 0.327. The van der Waals surface area contributed by atoms with E-state index in [0.717, 1.165) is 0 Å². The molecule has 1 heterocycles. The third-order valence-electron chi connectivity index (χ3n) is 6.66. The molecule has 1 amide bonds. The monoisotopic (exact) mass is 572 g/mol. The summed E-state index contributed by atoms with van der Waals surface area (Å²) in [6.07, 6.45) is 0.987. The van der Waals surface area contributed by atoms with Crippen LogP contribution in [0.4, 0.5) is 9.18 Å². The molecule has 3 aromatic rings. The largest absolute Gasteiger partial charge is 0.496 e. The number of ketones is 1. The number of benzene rings is 2. The summed E-state index contributed by atoms with van der Waals surface area (Å²) in [5.41, 5.74) is 0.991. The lowest BCUT2D eigenvalue weighted by molar-refractivity contribution is 0.103. The third-order valence-corrected chi connectivity index (χ3v) is 8.29. The van der Waals surface area contributed by atoms with Crippen LogP contribution in [0.15, 0.2) is 53.5 Å². The van der Waals surface area contributed by atoms with Crippen molar-refractivity contribution in [2.45, 2.75) is 44.9 Å². The van der Waals surface area contributed by atoms with E-state index < -0.39 is 33.1 Å². The minimum absolute atomic E-state index is 0.0987. The maximum Gasteiger partial charge on any atom is 0.405 e. The Hall–Kier alpha value is -3.99. The number of amides is 1. The van der Waals surface area contributed by atoms with Gasteiger partial charge in [0, 0.05) is 52.9 Å². The number of rotatable bonds is 11. The van der Waals surface area contributed by atoms with Gasteiger partial charge >= 0.3 is 6.09 Å². The molecular formula is C29H33FN2O7S. The van der Waals surface area contributed by atoms with Gasteiger partial charge in [0.1, 0.15) is 11.6 Å². The summed E-state index contributed by atoms with van der Waals surface area (Å²) in [5.74, 6) is -1.19. The molecule has 0 saturated carbocycles. The number of nitrogens with zero attached hydrogens (tertiary/aromatic N) is 1. The molecule has 0 unspecified atom stereocenters. The summed E-state index contributed by atoms with van der Waals surface area (Å²) < 4.78 is 45.5. The number of aromatic nitrogens is 1. The second-order valence-corrected chi connectivity index (χ2v) is 12.6. The molecule has 2 aromatic carbocycles. The van der Waals surface area contributed by atoms with Gasteiger partial charge in [0.05, 0.1) is 12.9 Å². The summed E-state index contributed by atoms with van der Waals surface area (Å²) in [5, 5.41) is 11.6. The van der Waals surface area contributed by atoms with Gasteiger partial charge in [-0.3, -0.25) is 9.59 Å². The molecule has 3 rings (SSSR count). The van der Waals surface area contributed by atoms with Crippen LogP contribution in [-0.4, -0.2) is 48.4 Å². The fourth-order valence-electron chi connectivity index (χ4n) is 4.35. The SMILES string of the molecule is CCS(=O)(=O)Cc1cc(-c2cn(C)c(=O)cc2CCC(C)(C)NC(=O)O)c(C(=O)c2ccc(F)cc2)cc1OC. The van der Waals surface area contributed by atoms with Crippen LogP contribution in [0.3, 0.4) is 0 Å². The number of ether oxygens (including phenoxy) is 1. The maximum absolute atomic E-state index is 13.7. The van der Waals surface area contributed by atoms with Gasteiger partial charge in [-0.25, -0.2) is 17.6 Å². The van der Waals surface area contributed by atoms with Crippen molar-refractivity contribution in [1.82, 2.24) is 9.88 Å². The fraction of sp³-hybridized carbons (Fsp3) is 0.345. The molecule has 11 heteroatoms. The highest BCUT2D eigenvalue weighted by atomic mass is 32.2. The van der Waals surface area contributed by atoms with Crippen molar-refractivity contribution in [2.24, 2.45) is 7.05 Å². The standard InChI is InChI=1S/C29H33FN2O7S/c1-6-40(37,38)17-20-13-22(23(15-25(20)39-5)27(34)18-7-9-21(30)10-8-18)24-16-32(4)26(33)14-19(24)11-12-29(2,3)31-28(35)36/h7-10,13-16,31H,6,11-12,17H2,1-5H3,(H,35,36). The molecule has 40 heavy (non-hydrogen) atoms. The average molecular weight is 573 g/mol. The molecule has 0 aliphatic heterocycles. The van der Waals surface area contributed by atoms with E-state index in [2.05, 4.69) is 5.32 Å². The van der Waals surface area contributed by atoms with Gasteiger partial charge in [-0.2, -0.15) is 0 Å². The topological polar surface area (TPSA) is 132 Å². The molecule has 0 fully saturated rings. The Bertz CT molecular complexity index is 1590. The number of methoxy groups -OCH3 is 1. The molecule has 0 bridgehead atoms. The van der Waals surface area contributed by atoms with E-state index in [1.807, 2.05) is 0 Å². The van der Waals surface area contributed by atoms with E-state index in [0.29, 0.717) is 28.7 Å². The Morgan fingerprint density at radius 2 is 1.73 bits per heavy atom. The number of halogens is 1. The van der Waals surface area contributed by atoms with Crippen molar-refractivity contribution < 1.29 is 32.2 Å². The predicted molar refractivity (Wildman–Crippen MR) is 150 cm³/mol. The smallest absolute Gasteiger partial charge is 0.405 e. The number of hydrogen-bond donors (Lipinski definition) is 2. The number of carbonyl (C=O) groups is 2. The Balaban J connectivity index is 2.29. The molecule has 2 N–H and O–H groups in total. The van der Waals surface area contributed by atoms with Gasteiger partial charge < -0.3 is 19.7 Å². The summed E-state index contributed by atoms with van der Waals surface area (Å²) in [6, 6.07) is 9.50. The molecule has 9 nitrogen and oxygen atoms in total. The first-order valence-corrected chi connectivity index (χ1v) is 14.4. The number of aryl methyl sites for hydroxylation is 2. The first-order valence-electron chi connectivity index (χ1n) is 12.6. The summed E-state index contributed by atoms with van der Waals surface area (Å²) in [6.45, 7) is 4.96. The van der Waals surface area contributed by atoms with Crippen LogP contribution in [-0.2, 0) is 29.1 Å². The Morgan fingerprint density at radius 3 is 2.30 bits per heavy atom. The highest BCUT2D eigenvalue weighted by Crippen LogP contribution is 2.35. The number of nitrogens with one attached hydrogen (secondary N) is 1. The van der Waals surface area contributed by atoms with Crippen LogP contribution in [0.25, 0.3) is 11.1 Å². The Kier molecular flexibility index (Phi) is 9.19. The van der Waals surface area contributed by atoms with E-state index in [1.165, 1.54) is 55.0 Å². The lowest BCUT2D eigenvalue weighted by Crippen LogP contribution is -2.43. The van der Waals surface area contributed by atoms with E-state index in [1.54, 1.807) is 33.2 Å². The van der Waals surface area contributed by atoms with Crippen LogP contribution >= 0.6 is 0 Å². The molecule has 0 atom stereocenters. The number of carboxylic acid groups (broad SMARTS) is 1. The Labute approximate surface area is 232 Å². The van der Waals surface area contributed by atoms with Crippen LogP contribution in [0, 0.1) is 5.82 Å². The van der Waals surface area contributed by atoms with Gasteiger partial charge in [0.15, 0.2) is 15.6 Å². The van der Waals surface area contributed by atoms with E-state index in [-0.39, 0.29) is 40.4 Å². The van der Waals surface area contributed by atoms with Crippen molar-refractivity contribution in [3.05, 3.63) is 87.1 Å². The van der Waals surface area contributed by atoms with Crippen LogP contribution in [0.2, 0.25) is 0 Å². The minimum Gasteiger partial charge on any atom is -0.496 e. The zero-order chi connectivity index (χ0) is 29.8. The van der Waals surface area contributed by atoms with Crippen molar-refractivity contribution >= 4 is 21.7 Å². The molecule has 214 valence electrons. The molecular weight excluding hydrogens is 539 g/mol. The molecule has 0 spiro atoms. The predicted octanol–water partition coefficient (Wildman–Crippen LogP) is 4.34. The van der Waals surface area contributed by atoms with Crippen molar-refractivity contribution in [2.75, 3.05) is 12.9 Å². The number of hydrogen-bond acceptors (Lipinski definition) is 6. The van der Waals surface area contributed by atoms with Gasteiger partial charge in [0.25, 0.3) is 5.56 Å². The molecule has 0 radical (unpaired) electrons. The average Bonchev–Trinajstić information content (AvgIpc) is 2.88. The third kappa shape index (κ3) is 7.35. The molecule has 0 aliphatic carbocycles. The first-order chi connectivity index (χ1) is 18.7. The normalized spacial score (nSPS) is 11.8. The summed E-state index contributed by atoms with van der Waals surface area (Å²) in [4.78, 5) is 37.6. The highest BCUT2D eigenvalue weighted by Gasteiger charge is 2.25. The van der Waals surface area contributed by atoms with Crippen molar-refractivity contribution in [1.29, 1.82) is 0 Å². The van der Waals surface area contributed by atoms with Gasteiger partial charge in [0.2, 0.25) is 0 Å². The van der Waals surface area contributed by atoms with E-state index >= 15 is 0 Å². The highest BCUT2D eigenvalue weighted by molar-refractivity contribution is 7.90. The second-order valence-electron chi connectivity index (χ2n) is 10.2. The fourth-order valence-corrected chi connectivity index (χ4v) is 5.25. The maximum atomic E-state index is 13.7. The molecule has 1 aromatic heterocycles. The van der Waals surface area contributed by atoms with Gasteiger partial charge in [-0.05, 0) is 74.2 Å². The number of sulfone groups is 1. The molecule has 0 aliphatic rings. The Morgan fingerprint density at radius 1 is 1.07 bits per heavy atom. The van der Waals surface area contributed by atoms with Crippen molar-refractivity contribution in [3.63, 3.8) is 0 Å². The van der Waals surface area contributed by atoms with E-state index in [9.17, 15) is 32.3 Å². The van der Waals surface area contributed by atoms with Crippen LogP contribution in [0.5, 0.6) is 5.75 Å². The second kappa shape index (κ2) is 12.0. The van der Waals surface area contributed by atoms with Gasteiger partial charge in [-0.15, -0.1) is 0 Å². The lowest BCUT2D eigenvalue weighted by atomic mass is 9.87. The first kappa shape index (κ1) is 30.6. The minimum atomic E-state index is -3.49. The number of pyridine rings is 1. The van der Waals surface area contributed by atoms with E-state index in [4.69, 9.17) is 4.74 Å². The zero-order valence-electron chi connectivity index (χ0n) is 23.1. The lowest BCUT2D eigenvalue weighted by Gasteiger charge is -2.25. The van der Waals surface area contributed by atoms with Crippen LogP contribution < -0.4 is 15.6 Å².